The van der Waals surface area contributed by atoms with Crippen LogP contribution in [0.4, 0.5) is 14.6 Å². The Bertz CT molecular complexity index is 877. The van der Waals surface area contributed by atoms with Crippen LogP contribution in [-0.2, 0) is 0 Å². The zero-order valence-corrected chi connectivity index (χ0v) is 12.4. The van der Waals surface area contributed by atoms with Gasteiger partial charge in [0, 0.05) is 12.1 Å². The first-order chi connectivity index (χ1) is 11.6. The highest BCUT2D eigenvalue weighted by Crippen LogP contribution is 2.25. The van der Waals surface area contributed by atoms with Crippen molar-refractivity contribution in [3.63, 3.8) is 0 Å². The fraction of sp³-hybridized carbons (Fsp3) is 0.0667. The Balaban J connectivity index is 1.82. The van der Waals surface area contributed by atoms with E-state index in [0.29, 0.717) is 0 Å². The average molecular weight is 331 g/mol. The highest BCUT2D eigenvalue weighted by molar-refractivity contribution is 6.02. The van der Waals surface area contributed by atoms with Crippen LogP contribution < -0.4 is 10.1 Å². The number of nitrogens with one attached hydrogen (secondary N) is 2. The molecule has 2 N–H and O–H groups in total. The van der Waals surface area contributed by atoms with Gasteiger partial charge in [0.05, 0.1) is 18.4 Å². The van der Waals surface area contributed by atoms with E-state index < -0.39 is 17.5 Å². The number of H-pyrrole nitrogens is 1. The molecule has 0 saturated carbocycles. The monoisotopic (exact) mass is 331 g/mol. The minimum Gasteiger partial charge on any atom is -0.481 e. The molecule has 0 saturated heterocycles. The topological polar surface area (TPSA) is 92.8 Å². The molecule has 0 atom stereocenters. The molecule has 0 aliphatic rings. The number of nitrogens with zero attached hydrogens (tertiary/aromatic N) is 3. The van der Waals surface area contributed by atoms with Crippen molar-refractivity contribution in [1.82, 2.24) is 20.2 Å². The molecule has 3 aromatic rings. The molecule has 9 heteroatoms. The van der Waals surface area contributed by atoms with Gasteiger partial charge in [-0.2, -0.15) is 5.10 Å². The molecular formula is C15H11F2N5O2. The lowest BCUT2D eigenvalue weighted by atomic mass is 10.1. The third-order valence-electron chi connectivity index (χ3n) is 3.14. The second kappa shape index (κ2) is 6.41. The molecular weight excluding hydrogens is 320 g/mol. The summed E-state index contributed by atoms with van der Waals surface area (Å²) in [5.74, 6) is -1.72. The van der Waals surface area contributed by atoms with Gasteiger partial charge in [-0.3, -0.25) is 9.89 Å². The summed E-state index contributed by atoms with van der Waals surface area (Å²) in [7, 11) is 1.41. The fourth-order valence-corrected chi connectivity index (χ4v) is 2.02. The summed E-state index contributed by atoms with van der Waals surface area (Å²) in [6.07, 6.45) is 1.18. The van der Waals surface area contributed by atoms with E-state index in [4.69, 9.17) is 4.74 Å². The number of carbonyl (C=O) groups excluding carboxylic acids is 1. The van der Waals surface area contributed by atoms with Crippen LogP contribution >= 0.6 is 0 Å². The maximum Gasteiger partial charge on any atom is 0.275 e. The van der Waals surface area contributed by atoms with Crippen LogP contribution in [0.2, 0.25) is 0 Å². The van der Waals surface area contributed by atoms with E-state index in [1.54, 1.807) is 0 Å². The minimum atomic E-state index is -0.739. The van der Waals surface area contributed by atoms with Gasteiger partial charge in [-0.15, -0.1) is 0 Å². The smallest absolute Gasteiger partial charge is 0.275 e. The molecule has 0 unspecified atom stereocenters. The normalized spacial score (nSPS) is 10.5. The number of benzene rings is 1. The standard InChI is InChI=1S/C15H11F2N5O2/c1-24-13-6-11(18-7-19-13)15(23)20-12-5-10(21-22-12)14-8(16)3-2-4-9(14)17/h2-7H,1H3,(H2,20,21,22,23). The summed E-state index contributed by atoms with van der Waals surface area (Å²) in [4.78, 5) is 19.7. The van der Waals surface area contributed by atoms with E-state index in [-0.39, 0.29) is 28.6 Å². The van der Waals surface area contributed by atoms with Crippen molar-refractivity contribution in [2.75, 3.05) is 12.4 Å². The number of halogens is 2. The first-order valence-corrected chi connectivity index (χ1v) is 6.75. The second-order valence-corrected chi connectivity index (χ2v) is 4.66. The van der Waals surface area contributed by atoms with Gasteiger partial charge in [-0.25, -0.2) is 18.7 Å². The molecule has 0 bridgehead atoms. The van der Waals surface area contributed by atoms with E-state index in [1.165, 1.54) is 31.6 Å². The van der Waals surface area contributed by atoms with Gasteiger partial charge in [0.2, 0.25) is 5.88 Å². The third kappa shape index (κ3) is 3.05. The highest BCUT2D eigenvalue weighted by atomic mass is 19.1. The first kappa shape index (κ1) is 15.5. The SMILES string of the molecule is COc1cc(C(=O)Nc2cc(-c3c(F)cccc3F)[nH]n2)ncn1. The van der Waals surface area contributed by atoms with Gasteiger partial charge in [0.1, 0.15) is 23.7 Å². The Kier molecular flexibility index (Phi) is 4.15. The maximum absolute atomic E-state index is 13.8. The molecule has 0 radical (unpaired) electrons. The number of hydrogen-bond donors (Lipinski definition) is 2. The molecule has 2 heterocycles. The first-order valence-electron chi connectivity index (χ1n) is 6.75. The van der Waals surface area contributed by atoms with Gasteiger partial charge in [-0.05, 0) is 12.1 Å². The number of aromatic nitrogens is 4. The van der Waals surface area contributed by atoms with E-state index in [9.17, 15) is 13.6 Å². The zero-order chi connectivity index (χ0) is 17.1. The van der Waals surface area contributed by atoms with Crippen LogP contribution in [0.3, 0.4) is 0 Å². The summed E-state index contributed by atoms with van der Waals surface area (Å²) in [6.45, 7) is 0. The Morgan fingerprint density at radius 2 is 1.96 bits per heavy atom. The summed E-state index contributed by atoms with van der Waals surface area (Å²) in [5, 5.41) is 8.77. The molecule has 0 spiro atoms. The molecule has 2 aromatic heterocycles. The predicted octanol–water partition coefficient (Wildman–Crippen LogP) is 2.41. The van der Waals surface area contributed by atoms with Crippen molar-refractivity contribution in [3.8, 4) is 17.1 Å². The van der Waals surface area contributed by atoms with Gasteiger partial charge in [-0.1, -0.05) is 6.07 Å². The van der Waals surface area contributed by atoms with Crippen molar-refractivity contribution >= 4 is 11.7 Å². The Morgan fingerprint density at radius 1 is 1.21 bits per heavy atom. The molecule has 0 aliphatic carbocycles. The van der Waals surface area contributed by atoms with Gasteiger partial charge < -0.3 is 10.1 Å². The van der Waals surface area contributed by atoms with E-state index in [1.807, 2.05) is 0 Å². The lowest BCUT2D eigenvalue weighted by molar-refractivity contribution is 0.102. The molecule has 1 aromatic carbocycles. The maximum atomic E-state index is 13.8. The quantitative estimate of drug-likeness (QED) is 0.766. The lowest BCUT2D eigenvalue weighted by Crippen LogP contribution is -2.14. The third-order valence-corrected chi connectivity index (χ3v) is 3.14. The molecule has 1 amide bonds. The second-order valence-electron chi connectivity index (χ2n) is 4.66. The van der Waals surface area contributed by atoms with Crippen LogP contribution in [0.1, 0.15) is 10.5 Å². The van der Waals surface area contributed by atoms with E-state index in [2.05, 4.69) is 25.5 Å². The van der Waals surface area contributed by atoms with Crippen molar-refractivity contribution in [2.24, 2.45) is 0 Å². The molecule has 24 heavy (non-hydrogen) atoms. The van der Waals surface area contributed by atoms with Gasteiger partial charge in [0.25, 0.3) is 5.91 Å². The van der Waals surface area contributed by atoms with Crippen molar-refractivity contribution in [2.45, 2.75) is 0 Å². The van der Waals surface area contributed by atoms with Crippen LogP contribution in [0, 0.1) is 11.6 Å². The number of ether oxygens (including phenoxy) is 1. The summed E-state index contributed by atoms with van der Waals surface area (Å²) < 4.78 is 32.4. The van der Waals surface area contributed by atoms with Crippen LogP contribution in [0.25, 0.3) is 11.3 Å². The number of rotatable bonds is 4. The van der Waals surface area contributed by atoms with Crippen molar-refractivity contribution < 1.29 is 18.3 Å². The average Bonchev–Trinajstić information content (AvgIpc) is 3.02. The fourth-order valence-electron chi connectivity index (χ4n) is 2.02. The Hall–Kier alpha value is -3.36. The molecule has 0 fully saturated rings. The number of amides is 1. The van der Waals surface area contributed by atoms with Gasteiger partial charge in [0.15, 0.2) is 5.82 Å². The number of aromatic amines is 1. The van der Waals surface area contributed by atoms with Crippen molar-refractivity contribution in [3.05, 3.63) is 54.0 Å². The van der Waals surface area contributed by atoms with E-state index >= 15 is 0 Å². The Labute approximate surface area is 134 Å². The molecule has 0 aliphatic heterocycles. The zero-order valence-electron chi connectivity index (χ0n) is 12.4. The molecule has 7 nitrogen and oxygen atoms in total. The number of methoxy groups -OCH3 is 1. The highest BCUT2D eigenvalue weighted by Gasteiger charge is 2.16. The molecule has 3 rings (SSSR count). The Morgan fingerprint density at radius 3 is 2.67 bits per heavy atom. The summed E-state index contributed by atoms with van der Waals surface area (Å²) in [6, 6.07) is 6.18. The minimum absolute atomic E-state index is 0.0588. The number of anilines is 1. The summed E-state index contributed by atoms with van der Waals surface area (Å²) >= 11 is 0. The van der Waals surface area contributed by atoms with Crippen LogP contribution in [0.15, 0.2) is 36.7 Å². The van der Waals surface area contributed by atoms with Crippen LogP contribution in [-0.4, -0.2) is 33.2 Å². The lowest BCUT2D eigenvalue weighted by Gasteiger charge is -2.02. The van der Waals surface area contributed by atoms with Crippen molar-refractivity contribution in [1.29, 1.82) is 0 Å². The number of carbonyl (C=O) groups is 1. The van der Waals surface area contributed by atoms with Crippen LogP contribution in [0.5, 0.6) is 5.88 Å². The number of hydrogen-bond acceptors (Lipinski definition) is 5. The predicted molar refractivity (Wildman–Crippen MR) is 80.5 cm³/mol. The van der Waals surface area contributed by atoms with Gasteiger partial charge >= 0.3 is 0 Å². The summed E-state index contributed by atoms with van der Waals surface area (Å²) in [5.41, 5.74) is -0.0983. The molecule has 122 valence electrons. The largest absolute Gasteiger partial charge is 0.481 e. The van der Waals surface area contributed by atoms with E-state index in [0.717, 1.165) is 12.1 Å².